The Bertz CT molecular complexity index is 559. The van der Waals surface area contributed by atoms with Crippen molar-refractivity contribution in [2.45, 2.75) is 57.7 Å². The van der Waals surface area contributed by atoms with Crippen LogP contribution >= 0.6 is 11.6 Å². The Morgan fingerprint density at radius 2 is 2.19 bits per heavy atom. The molecule has 2 fully saturated rings. The van der Waals surface area contributed by atoms with Crippen LogP contribution in [0.15, 0.2) is 11.0 Å². The van der Waals surface area contributed by atoms with Crippen LogP contribution in [-0.4, -0.2) is 35.0 Å². The minimum absolute atomic E-state index is 0.162. The lowest BCUT2D eigenvalue weighted by Gasteiger charge is -2.26. The number of aryl methyl sites for hydroxylation is 1. The van der Waals surface area contributed by atoms with E-state index in [2.05, 4.69) is 22.2 Å². The molecule has 0 aromatic carbocycles. The maximum atomic E-state index is 12.3. The van der Waals surface area contributed by atoms with Crippen LogP contribution in [0.5, 0.6) is 0 Å². The molecule has 2 aliphatic heterocycles. The van der Waals surface area contributed by atoms with Crippen molar-refractivity contribution in [3.8, 4) is 0 Å². The highest BCUT2D eigenvalue weighted by molar-refractivity contribution is 6.33. The molecule has 0 radical (unpaired) electrons. The van der Waals surface area contributed by atoms with Crippen LogP contribution in [0.1, 0.15) is 39.0 Å². The summed E-state index contributed by atoms with van der Waals surface area (Å²) < 4.78 is 1.48. The summed E-state index contributed by atoms with van der Waals surface area (Å²) in [5.74, 6) is 0. The van der Waals surface area contributed by atoms with Gasteiger partial charge in [-0.25, -0.2) is 4.68 Å². The standard InChI is InChI=1S/C15H23ClN4O/c1-2-3-7-20-15(21)14(16)13(9-17-20)19-8-6-11-4-5-12(10-19)18-11/h9,11-12,18H,2-8,10H2,1H3. The number of fused-ring (bicyclic) bond motifs is 2. The van der Waals surface area contributed by atoms with Crippen LogP contribution in [0, 0.1) is 0 Å². The van der Waals surface area contributed by atoms with Crippen molar-refractivity contribution < 1.29 is 0 Å². The molecule has 5 nitrogen and oxygen atoms in total. The zero-order valence-corrected chi connectivity index (χ0v) is 13.3. The molecule has 3 heterocycles. The molecule has 2 aliphatic rings. The number of hydrogen-bond acceptors (Lipinski definition) is 4. The Balaban J connectivity index is 1.82. The van der Waals surface area contributed by atoms with Gasteiger partial charge in [0.25, 0.3) is 5.56 Å². The van der Waals surface area contributed by atoms with Crippen molar-refractivity contribution in [2.24, 2.45) is 0 Å². The molecule has 2 saturated heterocycles. The van der Waals surface area contributed by atoms with E-state index < -0.39 is 0 Å². The Morgan fingerprint density at radius 3 is 3.00 bits per heavy atom. The Hall–Kier alpha value is -1.07. The third-order valence-electron chi connectivity index (χ3n) is 4.55. The van der Waals surface area contributed by atoms with Gasteiger partial charge >= 0.3 is 0 Å². The van der Waals surface area contributed by atoms with Crippen molar-refractivity contribution in [3.63, 3.8) is 0 Å². The van der Waals surface area contributed by atoms with Gasteiger partial charge in [0.05, 0.1) is 11.9 Å². The van der Waals surface area contributed by atoms with Gasteiger partial charge in [0, 0.05) is 31.7 Å². The highest BCUT2D eigenvalue weighted by Gasteiger charge is 2.30. The van der Waals surface area contributed by atoms with Crippen LogP contribution in [0.4, 0.5) is 5.69 Å². The van der Waals surface area contributed by atoms with Crippen molar-refractivity contribution in [2.75, 3.05) is 18.0 Å². The number of anilines is 1. The van der Waals surface area contributed by atoms with E-state index in [0.717, 1.165) is 38.0 Å². The summed E-state index contributed by atoms with van der Waals surface area (Å²) in [6.45, 7) is 4.59. The van der Waals surface area contributed by atoms with E-state index in [-0.39, 0.29) is 5.56 Å². The minimum atomic E-state index is -0.162. The van der Waals surface area contributed by atoms with Crippen LogP contribution in [0.2, 0.25) is 5.02 Å². The molecule has 2 unspecified atom stereocenters. The summed E-state index contributed by atoms with van der Waals surface area (Å²) in [4.78, 5) is 14.5. The lowest BCUT2D eigenvalue weighted by Crippen LogP contribution is -2.36. The molecule has 1 aromatic rings. The molecule has 2 bridgehead atoms. The predicted octanol–water partition coefficient (Wildman–Crippen LogP) is 2.03. The first-order valence-electron chi connectivity index (χ1n) is 7.95. The second kappa shape index (κ2) is 6.36. The smallest absolute Gasteiger partial charge is 0.287 e. The van der Waals surface area contributed by atoms with Crippen LogP contribution < -0.4 is 15.8 Å². The summed E-state index contributed by atoms with van der Waals surface area (Å²) in [6, 6.07) is 1.13. The largest absolute Gasteiger partial charge is 0.367 e. The van der Waals surface area contributed by atoms with Crippen LogP contribution in [-0.2, 0) is 6.54 Å². The SMILES string of the molecule is CCCCn1ncc(N2CCC3CCC(C2)N3)c(Cl)c1=O. The molecule has 116 valence electrons. The molecule has 2 atom stereocenters. The fraction of sp³-hybridized carbons (Fsp3) is 0.733. The molecule has 0 saturated carbocycles. The fourth-order valence-electron chi connectivity index (χ4n) is 3.31. The number of halogens is 1. The maximum Gasteiger partial charge on any atom is 0.287 e. The van der Waals surface area contributed by atoms with Gasteiger partial charge in [-0.3, -0.25) is 4.79 Å². The first-order chi connectivity index (χ1) is 10.2. The van der Waals surface area contributed by atoms with Crippen LogP contribution in [0.3, 0.4) is 0 Å². The molecule has 6 heteroatoms. The lowest BCUT2D eigenvalue weighted by atomic mass is 10.1. The summed E-state index contributed by atoms with van der Waals surface area (Å²) in [6.07, 6.45) is 7.32. The third kappa shape index (κ3) is 3.09. The van der Waals surface area contributed by atoms with Gasteiger partial charge in [0.15, 0.2) is 0 Å². The Kier molecular flexibility index (Phi) is 4.50. The van der Waals surface area contributed by atoms with Crippen molar-refractivity contribution in [1.82, 2.24) is 15.1 Å². The predicted molar refractivity (Wildman–Crippen MR) is 85.2 cm³/mol. The van der Waals surface area contributed by atoms with E-state index >= 15 is 0 Å². The lowest BCUT2D eigenvalue weighted by molar-refractivity contribution is 0.540. The third-order valence-corrected chi connectivity index (χ3v) is 4.91. The monoisotopic (exact) mass is 310 g/mol. The molecular weight excluding hydrogens is 288 g/mol. The van der Waals surface area contributed by atoms with Gasteiger partial charge in [-0.15, -0.1) is 0 Å². The Labute approximate surface area is 130 Å². The summed E-state index contributed by atoms with van der Waals surface area (Å²) in [5, 5.41) is 8.26. The van der Waals surface area contributed by atoms with Gasteiger partial charge < -0.3 is 10.2 Å². The second-order valence-corrected chi connectivity index (χ2v) is 6.48. The molecule has 3 rings (SSSR count). The molecule has 0 aliphatic carbocycles. The number of aromatic nitrogens is 2. The van der Waals surface area contributed by atoms with Gasteiger partial charge in [0.2, 0.25) is 0 Å². The van der Waals surface area contributed by atoms with Crippen molar-refractivity contribution in [3.05, 3.63) is 21.6 Å². The minimum Gasteiger partial charge on any atom is -0.367 e. The molecule has 0 amide bonds. The first kappa shape index (κ1) is 14.9. The average Bonchev–Trinajstić information content (AvgIpc) is 2.81. The van der Waals surface area contributed by atoms with Gasteiger partial charge in [-0.1, -0.05) is 24.9 Å². The van der Waals surface area contributed by atoms with E-state index in [1.807, 2.05) is 0 Å². The van der Waals surface area contributed by atoms with E-state index in [0.29, 0.717) is 23.7 Å². The zero-order chi connectivity index (χ0) is 14.8. The number of nitrogens with one attached hydrogen (secondary N) is 1. The van der Waals surface area contributed by atoms with Crippen molar-refractivity contribution in [1.29, 1.82) is 0 Å². The van der Waals surface area contributed by atoms with Gasteiger partial charge in [-0.2, -0.15) is 5.10 Å². The van der Waals surface area contributed by atoms with E-state index in [9.17, 15) is 4.79 Å². The highest BCUT2D eigenvalue weighted by Crippen LogP contribution is 2.27. The fourth-order valence-corrected chi connectivity index (χ4v) is 3.57. The number of rotatable bonds is 4. The quantitative estimate of drug-likeness (QED) is 0.924. The molecule has 1 aromatic heterocycles. The van der Waals surface area contributed by atoms with Crippen molar-refractivity contribution >= 4 is 17.3 Å². The Morgan fingerprint density at radius 1 is 1.38 bits per heavy atom. The topological polar surface area (TPSA) is 50.2 Å². The number of hydrogen-bond donors (Lipinski definition) is 1. The summed E-state index contributed by atoms with van der Waals surface area (Å²) in [5.41, 5.74) is 0.633. The van der Waals surface area contributed by atoms with E-state index in [1.54, 1.807) is 6.20 Å². The van der Waals surface area contributed by atoms with Gasteiger partial charge in [0.1, 0.15) is 5.02 Å². The number of nitrogens with zero attached hydrogens (tertiary/aromatic N) is 3. The number of unbranched alkanes of at least 4 members (excludes halogenated alkanes) is 1. The average molecular weight is 311 g/mol. The molecule has 1 N–H and O–H groups in total. The summed E-state index contributed by atoms with van der Waals surface area (Å²) >= 11 is 6.33. The maximum absolute atomic E-state index is 12.3. The normalized spacial score (nSPS) is 25.1. The van der Waals surface area contributed by atoms with Crippen LogP contribution in [0.25, 0.3) is 0 Å². The molecule has 21 heavy (non-hydrogen) atoms. The molecular formula is C15H23ClN4O. The zero-order valence-electron chi connectivity index (χ0n) is 12.5. The summed E-state index contributed by atoms with van der Waals surface area (Å²) in [7, 11) is 0. The van der Waals surface area contributed by atoms with Gasteiger partial charge in [-0.05, 0) is 25.7 Å². The molecule has 0 spiro atoms. The second-order valence-electron chi connectivity index (χ2n) is 6.10. The first-order valence-corrected chi connectivity index (χ1v) is 8.33. The highest BCUT2D eigenvalue weighted by atomic mass is 35.5. The van der Waals surface area contributed by atoms with E-state index in [1.165, 1.54) is 17.5 Å². The van der Waals surface area contributed by atoms with E-state index in [4.69, 9.17) is 11.6 Å².